The molecule has 3 heterocycles. The third-order valence-electron chi connectivity index (χ3n) is 5.72. The van der Waals surface area contributed by atoms with Crippen LogP contribution in [0.1, 0.15) is 50.0 Å². The summed E-state index contributed by atoms with van der Waals surface area (Å²) < 4.78 is 0. The largest absolute Gasteiger partial charge is 0.362 e. The van der Waals surface area contributed by atoms with Gasteiger partial charge in [-0.1, -0.05) is 20.3 Å². The number of likely N-dealkylation sites (N-methyl/N-ethyl adjacent to an activating group) is 1. The number of nitrogens with one attached hydrogen (secondary N) is 1. The van der Waals surface area contributed by atoms with Crippen molar-refractivity contribution in [2.24, 2.45) is 5.92 Å². The Labute approximate surface area is 172 Å². The number of piperidine rings is 1. The third kappa shape index (κ3) is 5.23. The second-order valence-electron chi connectivity index (χ2n) is 7.67. The summed E-state index contributed by atoms with van der Waals surface area (Å²) in [5, 5.41) is 5.90. The van der Waals surface area contributed by atoms with Gasteiger partial charge >= 0.3 is 0 Å². The predicted octanol–water partition coefficient (Wildman–Crippen LogP) is 2.37. The fourth-order valence-corrected chi connectivity index (χ4v) is 4.61. The Bertz CT molecular complexity index is 657. The highest BCUT2D eigenvalue weighted by Crippen LogP contribution is 2.23. The van der Waals surface area contributed by atoms with Crippen LogP contribution in [0, 0.1) is 5.92 Å². The average molecular weight is 408 g/mol. The van der Waals surface area contributed by atoms with Gasteiger partial charge in [0.1, 0.15) is 5.69 Å². The van der Waals surface area contributed by atoms with Crippen molar-refractivity contribution >= 4 is 28.3 Å². The van der Waals surface area contributed by atoms with E-state index in [1.165, 1.54) is 11.3 Å². The van der Waals surface area contributed by atoms with Gasteiger partial charge < -0.3 is 20.0 Å². The summed E-state index contributed by atoms with van der Waals surface area (Å²) in [7, 11) is 0. The van der Waals surface area contributed by atoms with Gasteiger partial charge in [-0.2, -0.15) is 0 Å². The number of amides is 2. The van der Waals surface area contributed by atoms with Crippen molar-refractivity contribution in [1.29, 1.82) is 0 Å². The van der Waals surface area contributed by atoms with E-state index in [1.807, 2.05) is 15.2 Å². The Balaban J connectivity index is 1.54. The number of aromatic nitrogens is 1. The SMILES string of the molecule is CCCCNc1nc(C(=O)N2CCCC(C(=O)N3CCN(CC)CC3)C2)cs1. The number of piperazine rings is 1. The van der Waals surface area contributed by atoms with Crippen LogP contribution in [-0.4, -0.2) is 83.9 Å². The van der Waals surface area contributed by atoms with E-state index < -0.39 is 0 Å². The first kappa shape index (κ1) is 21.0. The topological polar surface area (TPSA) is 68.8 Å². The average Bonchev–Trinajstić information content (AvgIpc) is 3.22. The summed E-state index contributed by atoms with van der Waals surface area (Å²) in [5.41, 5.74) is 0.494. The molecule has 8 heteroatoms. The van der Waals surface area contributed by atoms with Crippen LogP contribution in [0.5, 0.6) is 0 Å². The zero-order valence-corrected chi connectivity index (χ0v) is 18.0. The van der Waals surface area contributed by atoms with Gasteiger partial charge in [0.15, 0.2) is 5.13 Å². The molecular formula is C20H33N5O2S. The molecule has 1 N–H and O–H groups in total. The van der Waals surface area contributed by atoms with E-state index in [-0.39, 0.29) is 17.7 Å². The molecule has 1 atom stereocenters. The summed E-state index contributed by atoms with van der Waals surface area (Å²) in [4.78, 5) is 36.5. The molecule has 156 valence electrons. The number of anilines is 1. The highest BCUT2D eigenvalue weighted by atomic mass is 32.1. The molecule has 2 amide bonds. The zero-order valence-electron chi connectivity index (χ0n) is 17.2. The van der Waals surface area contributed by atoms with Crippen LogP contribution in [0.15, 0.2) is 5.38 Å². The van der Waals surface area contributed by atoms with Gasteiger partial charge in [0, 0.05) is 51.2 Å². The molecule has 1 unspecified atom stereocenters. The van der Waals surface area contributed by atoms with Crippen molar-refractivity contribution < 1.29 is 9.59 Å². The Morgan fingerprint density at radius 2 is 1.96 bits per heavy atom. The molecule has 0 saturated carbocycles. The van der Waals surface area contributed by atoms with Crippen molar-refractivity contribution in [3.05, 3.63) is 11.1 Å². The van der Waals surface area contributed by atoms with Gasteiger partial charge in [0.05, 0.1) is 5.92 Å². The lowest BCUT2D eigenvalue weighted by molar-refractivity contribution is -0.138. The quantitative estimate of drug-likeness (QED) is 0.703. The van der Waals surface area contributed by atoms with Crippen LogP contribution in [0.25, 0.3) is 0 Å². The monoisotopic (exact) mass is 407 g/mol. The van der Waals surface area contributed by atoms with Crippen LogP contribution in [0.2, 0.25) is 0 Å². The number of unbranched alkanes of at least 4 members (excludes halogenated alkanes) is 1. The van der Waals surface area contributed by atoms with E-state index >= 15 is 0 Å². The summed E-state index contributed by atoms with van der Waals surface area (Å²) >= 11 is 1.47. The van der Waals surface area contributed by atoms with Crippen LogP contribution >= 0.6 is 11.3 Å². The molecule has 0 aromatic carbocycles. The Kier molecular flexibility index (Phi) is 7.67. The lowest BCUT2D eigenvalue weighted by Gasteiger charge is -2.38. The van der Waals surface area contributed by atoms with Gasteiger partial charge in [0.25, 0.3) is 5.91 Å². The standard InChI is InChI=1S/C20H33N5O2S/c1-3-5-8-21-20-22-17(15-28-20)19(27)25-9-6-7-16(14-25)18(26)24-12-10-23(4-2)11-13-24/h15-16H,3-14H2,1-2H3,(H,21,22). The van der Waals surface area contributed by atoms with Gasteiger partial charge in [-0.3, -0.25) is 9.59 Å². The Morgan fingerprint density at radius 1 is 1.18 bits per heavy atom. The minimum Gasteiger partial charge on any atom is -0.362 e. The molecule has 2 aliphatic heterocycles. The molecule has 1 aromatic heterocycles. The molecule has 2 aliphatic rings. The first-order valence-corrected chi connectivity index (χ1v) is 11.5. The Morgan fingerprint density at radius 3 is 2.68 bits per heavy atom. The van der Waals surface area contributed by atoms with E-state index in [9.17, 15) is 9.59 Å². The maximum atomic E-state index is 12.9. The maximum Gasteiger partial charge on any atom is 0.273 e. The number of hydrogen-bond donors (Lipinski definition) is 1. The third-order valence-corrected chi connectivity index (χ3v) is 6.52. The normalized spacial score (nSPS) is 21.0. The number of rotatable bonds is 7. The summed E-state index contributed by atoms with van der Waals surface area (Å²) in [6.45, 7) is 11.0. The lowest BCUT2D eigenvalue weighted by Crippen LogP contribution is -2.53. The van der Waals surface area contributed by atoms with E-state index in [0.29, 0.717) is 18.8 Å². The van der Waals surface area contributed by atoms with Gasteiger partial charge in [0.2, 0.25) is 5.91 Å². The molecule has 0 radical (unpaired) electrons. The number of nitrogens with zero attached hydrogens (tertiary/aromatic N) is 4. The van der Waals surface area contributed by atoms with Crippen molar-refractivity contribution in [2.45, 2.75) is 39.5 Å². The molecule has 1 aromatic rings. The lowest BCUT2D eigenvalue weighted by atomic mass is 9.96. The van der Waals surface area contributed by atoms with E-state index in [0.717, 1.165) is 70.1 Å². The smallest absolute Gasteiger partial charge is 0.273 e. The van der Waals surface area contributed by atoms with Crippen molar-refractivity contribution in [3.8, 4) is 0 Å². The molecule has 2 fully saturated rings. The van der Waals surface area contributed by atoms with Crippen LogP contribution in [0.4, 0.5) is 5.13 Å². The number of likely N-dealkylation sites (tertiary alicyclic amines) is 1. The zero-order chi connectivity index (χ0) is 19.9. The number of carbonyl (C=O) groups excluding carboxylic acids is 2. The summed E-state index contributed by atoms with van der Waals surface area (Å²) in [6.07, 6.45) is 3.96. The Hall–Kier alpha value is -1.67. The molecule has 2 saturated heterocycles. The predicted molar refractivity (Wildman–Crippen MR) is 113 cm³/mol. The van der Waals surface area contributed by atoms with Crippen LogP contribution in [0.3, 0.4) is 0 Å². The molecule has 0 bridgehead atoms. The minimum absolute atomic E-state index is 0.0481. The molecular weight excluding hydrogens is 374 g/mol. The summed E-state index contributed by atoms with van der Waals surface area (Å²) in [5.74, 6) is 0.0909. The van der Waals surface area contributed by atoms with Crippen molar-refractivity contribution in [1.82, 2.24) is 19.7 Å². The van der Waals surface area contributed by atoms with Crippen LogP contribution < -0.4 is 5.32 Å². The minimum atomic E-state index is -0.0772. The van der Waals surface area contributed by atoms with Gasteiger partial charge in [-0.15, -0.1) is 11.3 Å². The van der Waals surface area contributed by atoms with E-state index in [1.54, 1.807) is 0 Å². The number of hydrogen-bond acceptors (Lipinski definition) is 6. The molecule has 7 nitrogen and oxygen atoms in total. The highest BCUT2D eigenvalue weighted by Gasteiger charge is 2.33. The van der Waals surface area contributed by atoms with E-state index in [2.05, 4.69) is 29.0 Å². The maximum absolute atomic E-state index is 12.9. The molecule has 0 spiro atoms. The second-order valence-corrected chi connectivity index (χ2v) is 8.53. The van der Waals surface area contributed by atoms with Crippen molar-refractivity contribution in [2.75, 3.05) is 57.7 Å². The van der Waals surface area contributed by atoms with Gasteiger partial charge in [-0.25, -0.2) is 4.98 Å². The number of thiazole rings is 1. The molecule has 0 aliphatic carbocycles. The van der Waals surface area contributed by atoms with Gasteiger partial charge in [-0.05, 0) is 25.8 Å². The fraction of sp³-hybridized carbons (Fsp3) is 0.750. The number of carbonyl (C=O) groups is 2. The summed E-state index contributed by atoms with van der Waals surface area (Å²) in [6, 6.07) is 0. The first-order chi connectivity index (χ1) is 13.6. The molecule has 3 rings (SSSR count). The van der Waals surface area contributed by atoms with Crippen molar-refractivity contribution in [3.63, 3.8) is 0 Å². The first-order valence-electron chi connectivity index (χ1n) is 10.6. The highest BCUT2D eigenvalue weighted by molar-refractivity contribution is 7.13. The van der Waals surface area contributed by atoms with E-state index in [4.69, 9.17) is 0 Å². The second kappa shape index (κ2) is 10.2. The fourth-order valence-electron chi connectivity index (χ4n) is 3.89. The van der Waals surface area contributed by atoms with Crippen LogP contribution in [-0.2, 0) is 4.79 Å². The molecule has 28 heavy (non-hydrogen) atoms.